The smallest absolute Gasteiger partial charge is 0.273 e. The third-order valence-corrected chi connectivity index (χ3v) is 2.69. The maximum atomic E-state index is 11.7. The van der Waals surface area contributed by atoms with E-state index in [9.17, 15) is 9.59 Å². The first-order chi connectivity index (χ1) is 8.65. The number of H-pyrrole nitrogens is 1. The lowest BCUT2D eigenvalue weighted by Crippen LogP contribution is -2.30. The van der Waals surface area contributed by atoms with Gasteiger partial charge in [-0.15, -0.1) is 0 Å². The zero-order valence-electron chi connectivity index (χ0n) is 9.80. The minimum atomic E-state index is -0.663. The fraction of sp³-hybridized carbons (Fsp3) is 0.154. The summed E-state index contributed by atoms with van der Waals surface area (Å²) in [5.41, 5.74) is 0.461. The van der Waals surface area contributed by atoms with Gasteiger partial charge in [-0.2, -0.15) is 5.26 Å². The molecule has 0 aliphatic heterocycles. The van der Waals surface area contributed by atoms with Gasteiger partial charge < -0.3 is 0 Å². The fourth-order valence-corrected chi connectivity index (χ4v) is 1.63. The summed E-state index contributed by atoms with van der Waals surface area (Å²) in [6.45, 7) is 2.04. The summed E-state index contributed by atoms with van der Waals surface area (Å²) in [6, 6.07) is 9.11. The summed E-state index contributed by atoms with van der Waals surface area (Å²) in [6.07, 6.45) is 2.16. The minimum absolute atomic E-state index is 0.0887. The fourth-order valence-electron chi connectivity index (χ4n) is 1.63. The van der Waals surface area contributed by atoms with Crippen molar-refractivity contribution in [3.8, 4) is 11.8 Å². The lowest BCUT2D eigenvalue weighted by Gasteiger charge is -2.05. The number of hydrogen-bond donors (Lipinski definition) is 1. The van der Waals surface area contributed by atoms with Crippen molar-refractivity contribution in [2.24, 2.45) is 0 Å². The first kappa shape index (κ1) is 11.9. The van der Waals surface area contributed by atoms with E-state index >= 15 is 0 Å². The molecule has 0 amide bonds. The molecule has 0 aliphatic carbocycles. The molecule has 90 valence electrons. The van der Waals surface area contributed by atoms with Crippen LogP contribution in [0.1, 0.15) is 18.1 Å². The number of aromatic nitrogens is 2. The van der Waals surface area contributed by atoms with E-state index in [1.807, 2.05) is 19.1 Å². The van der Waals surface area contributed by atoms with Crippen LogP contribution in [0.25, 0.3) is 5.69 Å². The number of hydrogen-bond acceptors (Lipinski definition) is 3. The van der Waals surface area contributed by atoms with Crippen LogP contribution in [0.4, 0.5) is 0 Å². The number of nitriles is 1. The van der Waals surface area contributed by atoms with Gasteiger partial charge in [-0.1, -0.05) is 19.1 Å². The minimum Gasteiger partial charge on any atom is -0.273 e. The number of aryl methyl sites for hydroxylation is 1. The standard InChI is InChI=1S/C13H11N3O2/c1-2-9-3-5-11(6-4-9)16-8-10(7-14)12(17)15-13(16)18/h3-6,8H,2H2,1H3,(H,15,17,18). The Labute approximate surface area is 103 Å². The normalized spacial score (nSPS) is 10.0. The van der Waals surface area contributed by atoms with Crippen molar-refractivity contribution in [1.82, 2.24) is 9.55 Å². The predicted octanol–water partition coefficient (Wildman–Crippen LogP) is 0.960. The van der Waals surface area contributed by atoms with Crippen LogP contribution in [0.5, 0.6) is 0 Å². The molecule has 0 saturated carbocycles. The largest absolute Gasteiger partial charge is 0.332 e. The molecule has 18 heavy (non-hydrogen) atoms. The molecule has 1 heterocycles. The molecule has 5 heteroatoms. The predicted molar refractivity (Wildman–Crippen MR) is 66.8 cm³/mol. The van der Waals surface area contributed by atoms with Gasteiger partial charge in [0.15, 0.2) is 0 Å². The van der Waals surface area contributed by atoms with E-state index in [1.165, 1.54) is 10.8 Å². The third kappa shape index (κ3) is 2.09. The first-order valence-corrected chi connectivity index (χ1v) is 5.51. The van der Waals surface area contributed by atoms with Crippen LogP contribution in [-0.2, 0) is 6.42 Å². The number of nitrogens with one attached hydrogen (secondary N) is 1. The highest BCUT2D eigenvalue weighted by Gasteiger charge is 2.05. The maximum absolute atomic E-state index is 11.7. The Kier molecular flexibility index (Phi) is 3.11. The van der Waals surface area contributed by atoms with E-state index in [0.717, 1.165) is 12.0 Å². The maximum Gasteiger partial charge on any atom is 0.332 e. The van der Waals surface area contributed by atoms with Crippen molar-refractivity contribution < 1.29 is 0 Å². The Balaban J connectivity index is 2.60. The summed E-state index contributed by atoms with van der Waals surface area (Å²) < 4.78 is 1.25. The summed E-state index contributed by atoms with van der Waals surface area (Å²) >= 11 is 0. The van der Waals surface area contributed by atoms with Gasteiger partial charge in [0.1, 0.15) is 11.6 Å². The lowest BCUT2D eigenvalue weighted by molar-refractivity contribution is 0.888. The van der Waals surface area contributed by atoms with Gasteiger partial charge in [0.05, 0.1) is 5.69 Å². The van der Waals surface area contributed by atoms with Crippen molar-refractivity contribution in [3.63, 3.8) is 0 Å². The Morgan fingerprint density at radius 3 is 2.50 bits per heavy atom. The number of aromatic amines is 1. The van der Waals surface area contributed by atoms with E-state index in [1.54, 1.807) is 18.2 Å². The lowest BCUT2D eigenvalue weighted by atomic mass is 10.1. The Hall–Kier alpha value is -2.61. The van der Waals surface area contributed by atoms with Gasteiger partial charge >= 0.3 is 5.69 Å². The van der Waals surface area contributed by atoms with E-state index in [2.05, 4.69) is 4.98 Å². The van der Waals surface area contributed by atoms with Crippen molar-refractivity contribution in [3.05, 3.63) is 62.4 Å². The van der Waals surface area contributed by atoms with Crippen LogP contribution in [0.3, 0.4) is 0 Å². The van der Waals surface area contributed by atoms with Crippen molar-refractivity contribution >= 4 is 0 Å². The average molecular weight is 241 g/mol. The van der Waals surface area contributed by atoms with Crippen LogP contribution in [0.15, 0.2) is 40.1 Å². The van der Waals surface area contributed by atoms with Crippen LogP contribution in [0, 0.1) is 11.3 Å². The molecule has 0 unspecified atom stereocenters. The van der Waals surface area contributed by atoms with Gasteiger partial charge in [0.2, 0.25) is 0 Å². The molecule has 1 aromatic carbocycles. The molecule has 0 aliphatic rings. The SMILES string of the molecule is CCc1ccc(-n2cc(C#N)c(=O)[nH]c2=O)cc1. The molecule has 0 saturated heterocycles. The zero-order valence-corrected chi connectivity index (χ0v) is 9.80. The van der Waals surface area contributed by atoms with Crippen molar-refractivity contribution in [2.75, 3.05) is 0 Å². The van der Waals surface area contributed by atoms with E-state index in [4.69, 9.17) is 5.26 Å². The van der Waals surface area contributed by atoms with Crippen molar-refractivity contribution in [1.29, 1.82) is 5.26 Å². The first-order valence-electron chi connectivity index (χ1n) is 5.51. The molecule has 0 radical (unpaired) electrons. The topological polar surface area (TPSA) is 78.7 Å². The average Bonchev–Trinajstić information content (AvgIpc) is 2.39. The summed E-state index contributed by atoms with van der Waals surface area (Å²) in [5, 5.41) is 8.78. The number of benzene rings is 1. The highest BCUT2D eigenvalue weighted by atomic mass is 16.2. The zero-order chi connectivity index (χ0) is 13.1. The van der Waals surface area contributed by atoms with Gasteiger partial charge in [-0.25, -0.2) is 4.79 Å². The summed E-state index contributed by atoms with van der Waals surface area (Å²) in [5.74, 6) is 0. The summed E-state index contributed by atoms with van der Waals surface area (Å²) in [7, 11) is 0. The molecule has 0 spiro atoms. The molecular formula is C13H11N3O2. The van der Waals surface area contributed by atoms with Crippen molar-refractivity contribution in [2.45, 2.75) is 13.3 Å². The number of nitrogens with zero attached hydrogens (tertiary/aromatic N) is 2. The third-order valence-electron chi connectivity index (χ3n) is 2.69. The molecule has 1 aromatic heterocycles. The van der Waals surface area contributed by atoms with Crippen LogP contribution in [-0.4, -0.2) is 9.55 Å². The van der Waals surface area contributed by atoms with Gasteiger partial charge in [-0.05, 0) is 24.1 Å². The second kappa shape index (κ2) is 4.72. The van der Waals surface area contributed by atoms with E-state index in [0.29, 0.717) is 5.69 Å². The molecule has 0 atom stereocenters. The Bertz CT molecular complexity index is 718. The van der Waals surface area contributed by atoms with Gasteiger partial charge in [0.25, 0.3) is 5.56 Å². The second-order valence-corrected chi connectivity index (χ2v) is 3.80. The Morgan fingerprint density at radius 1 is 1.28 bits per heavy atom. The van der Waals surface area contributed by atoms with Gasteiger partial charge in [-0.3, -0.25) is 14.3 Å². The highest BCUT2D eigenvalue weighted by Crippen LogP contribution is 2.08. The quantitative estimate of drug-likeness (QED) is 0.850. The molecule has 5 nitrogen and oxygen atoms in total. The molecular weight excluding hydrogens is 230 g/mol. The van der Waals surface area contributed by atoms with E-state index < -0.39 is 11.2 Å². The Morgan fingerprint density at radius 2 is 1.94 bits per heavy atom. The molecule has 2 aromatic rings. The van der Waals surface area contributed by atoms with Crippen LogP contribution < -0.4 is 11.2 Å². The van der Waals surface area contributed by atoms with Gasteiger partial charge in [0, 0.05) is 6.20 Å². The highest BCUT2D eigenvalue weighted by molar-refractivity contribution is 5.36. The second-order valence-electron chi connectivity index (χ2n) is 3.80. The molecule has 0 bridgehead atoms. The van der Waals surface area contributed by atoms with Crippen LogP contribution in [0.2, 0.25) is 0 Å². The van der Waals surface area contributed by atoms with Crippen LogP contribution >= 0.6 is 0 Å². The summed E-state index contributed by atoms with van der Waals surface area (Å²) in [4.78, 5) is 25.0. The molecule has 1 N–H and O–H groups in total. The molecule has 0 fully saturated rings. The van der Waals surface area contributed by atoms with E-state index in [-0.39, 0.29) is 5.56 Å². The monoisotopic (exact) mass is 241 g/mol. The molecule has 2 rings (SSSR count). The number of rotatable bonds is 2.